The minimum Gasteiger partial charge on any atom is -0.497 e. The molecule has 0 bridgehead atoms. The van der Waals surface area contributed by atoms with Gasteiger partial charge in [-0.3, -0.25) is 0 Å². The van der Waals surface area contributed by atoms with E-state index in [4.69, 9.17) is 14.2 Å². The predicted octanol–water partition coefficient (Wildman–Crippen LogP) is 3.00. The number of anilines is 2. The Bertz CT molecular complexity index is 975. The average Bonchev–Trinajstić information content (AvgIpc) is 2.83. The van der Waals surface area contributed by atoms with Crippen LogP contribution in [-0.4, -0.2) is 55.7 Å². The quantitative estimate of drug-likeness (QED) is 0.640. The number of morpholine rings is 1. The molecule has 1 N–H and O–H groups in total. The Morgan fingerprint density at radius 1 is 1.03 bits per heavy atom. The fraction of sp³-hybridized carbons (Fsp3) is 0.318. The second kappa shape index (κ2) is 9.41. The van der Waals surface area contributed by atoms with E-state index in [1.54, 1.807) is 20.4 Å². The van der Waals surface area contributed by atoms with Crippen molar-refractivity contribution in [2.75, 3.05) is 50.7 Å². The third kappa shape index (κ3) is 4.60. The van der Waals surface area contributed by atoms with Gasteiger partial charge in [-0.05, 0) is 29.8 Å². The number of hydrogen-bond acceptors (Lipinski definition) is 8. The van der Waals surface area contributed by atoms with Crippen molar-refractivity contribution in [3.05, 3.63) is 54.2 Å². The summed E-state index contributed by atoms with van der Waals surface area (Å²) in [4.78, 5) is 6.92. The van der Waals surface area contributed by atoms with Gasteiger partial charge in [-0.25, -0.2) is 4.98 Å². The standard InChI is InChI=1S/C22H25N5O3/c1-28-18-7-8-19(21(13-18)29-2)20-15-24-26-22(25-20)23-14-16-3-5-17(6-4-16)27-9-11-30-12-10-27/h3-8,13,15H,9-12,14H2,1-2H3,(H,23,25,26). The van der Waals surface area contributed by atoms with Crippen molar-refractivity contribution >= 4 is 11.6 Å². The summed E-state index contributed by atoms with van der Waals surface area (Å²) in [7, 11) is 3.24. The van der Waals surface area contributed by atoms with Crippen LogP contribution in [0.25, 0.3) is 11.3 Å². The van der Waals surface area contributed by atoms with E-state index >= 15 is 0 Å². The number of aromatic nitrogens is 3. The van der Waals surface area contributed by atoms with Gasteiger partial charge in [-0.2, -0.15) is 5.10 Å². The zero-order valence-corrected chi connectivity index (χ0v) is 17.2. The second-order valence-electron chi connectivity index (χ2n) is 6.85. The molecule has 2 aromatic carbocycles. The van der Waals surface area contributed by atoms with Crippen LogP contribution in [-0.2, 0) is 11.3 Å². The predicted molar refractivity (Wildman–Crippen MR) is 115 cm³/mol. The molecule has 1 saturated heterocycles. The van der Waals surface area contributed by atoms with Crippen LogP contribution in [0.4, 0.5) is 11.6 Å². The lowest BCUT2D eigenvalue weighted by molar-refractivity contribution is 0.122. The first-order chi connectivity index (χ1) is 14.8. The van der Waals surface area contributed by atoms with E-state index in [0.717, 1.165) is 43.2 Å². The number of nitrogens with one attached hydrogen (secondary N) is 1. The third-order valence-electron chi connectivity index (χ3n) is 5.01. The smallest absolute Gasteiger partial charge is 0.243 e. The highest BCUT2D eigenvalue weighted by Crippen LogP contribution is 2.32. The zero-order chi connectivity index (χ0) is 20.8. The molecule has 1 aromatic heterocycles. The van der Waals surface area contributed by atoms with Crippen molar-refractivity contribution < 1.29 is 14.2 Å². The molecule has 0 spiro atoms. The Morgan fingerprint density at radius 3 is 2.57 bits per heavy atom. The lowest BCUT2D eigenvalue weighted by Crippen LogP contribution is -2.36. The SMILES string of the molecule is COc1ccc(-c2cnnc(NCc3ccc(N4CCOCC4)cc3)n2)c(OC)c1. The average molecular weight is 407 g/mol. The van der Waals surface area contributed by atoms with Crippen LogP contribution in [0.1, 0.15) is 5.56 Å². The normalized spacial score (nSPS) is 13.7. The summed E-state index contributed by atoms with van der Waals surface area (Å²) in [6, 6.07) is 14.1. The van der Waals surface area contributed by atoms with Crippen LogP contribution >= 0.6 is 0 Å². The van der Waals surface area contributed by atoms with Crippen molar-refractivity contribution in [1.82, 2.24) is 15.2 Å². The molecule has 30 heavy (non-hydrogen) atoms. The van der Waals surface area contributed by atoms with Gasteiger partial charge in [-0.15, -0.1) is 5.10 Å². The van der Waals surface area contributed by atoms with Gasteiger partial charge >= 0.3 is 0 Å². The lowest BCUT2D eigenvalue weighted by atomic mass is 10.1. The molecule has 0 unspecified atom stereocenters. The molecule has 1 aliphatic rings. The van der Waals surface area contributed by atoms with Gasteiger partial charge in [0.05, 0.1) is 39.3 Å². The van der Waals surface area contributed by atoms with Crippen molar-refractivity contribution in [3.8, 4) is 22.8 Å². The lowest BCUT2D eigenvalue weighted by Gasteiger charge is -2.28. The molecule has 0 aliphatic carbocycles. The third-order valence-corrected chi connectivity index (χ3v) is 5.01. The molecule has 2 heterocycles. The minimum absolute atomic E-state index is 0.461. The van der Waals surface area contributed by atoms with E-state index in [0.29, 0.717) is 23.9 Å². The Hall–Kier alpha value is -3.39. The summed E-state index contributed by atoms with van der Waals surface area (Å²) in [5.41, 5.74) is 3.86. The van der Waals surface area contributed by atoms with Crippen molar-refractivity contribution in [2.45, 2.75) is 6.54 Å². The van der Waals surface area contributed by atoms with Gasteiger partial charge in [0.25, 0.3) is 0 Å². The molecule has 156 valence electrons. The molecule has 0 saturated carbocycles. The first-order valence-electron chi connectivity index (χ1n) is 9.84. The van der Waals surface area contributed by atoms with Crippen molar-refractivity contribution in [1.29, 1.82) is 0 Å². The topological polar surface area (TPSA) is 81.6 Å². The molecule has 4 rings (SSSR count). The van der Waals surface area contributed by atoms with Crippen LogP contribution in [0.3, 0.4) is 0 Å². The number of nitrogens with zero attached hydrogens (tertiary/aromatic N) is 4. The first kappa shape index (κ1) is 19.9. The van der Waals surface area contributed by atoms with Gasteiger partial charge in [0, 0.05) is 37.0 Å². The number of methoxy groups -OCH3 is 2. The molecule has 3 aromatic rings. The van der Waals surface area contributed by atoms with Gasteiger partial charge in [0.15, 0.2) is 0 Å². The fourth-order valence-electron chi connectivity index (χ4n) is 3.35. The Labute approximate surface area is 175 Å². The van der Waals surface area contributed by atoms with Crippen molar-refractivity contribution in [3.63, 3.8) is 0 Å². The zero-order valence-electron chi connectivity index (χ0n) is 17.2. The maximum Gasteiger partial charge on any atom is 0.243 e. The van der Waals surface area contributed by atoms with E-state index in [-0.39, 0.29) is 0 Å². The monoisotopic (exact) mass is 407 g/mol. The highest BCUT2D eigenvalue weighted by molar-refractivity contribution is 5.68. The summed E-state index contributed by atoms with van der Waals surface area (Å²) in [5, 5.41) is 11.4. The maximum atomic E-state index is 5.47. The largest absolute Gasteiger partial charge is 0.497 e. The Morgan fingerprint density at radius 2 is 1.83 bits per heavy atom. The number of hydrogen-bond donors (Lipinski definition) is 1. The molecule has 0 amide bonds. The summed E-state index contributed by atoms with van der Waals surface area (Å²) >= 11 is 0. The maximum absolute atomic E-state index is 5.47. The van der Waals surface area contributed by atoms with Crippen LogP contribution in [0, 0.1) is 0 Å². The van der Waals surface area contributed by atoms with Crippen LogP contribution in [0.2, 0.25) is 0 Å². The van der Waals surface area contributed by atoms with Crippen LogP contribution in [0.15, 0.2) is 48.7 Å². The Balaban J connectivity index is 1.44. The second-order valence-corrected chi connectivity index (χ2v) is 6.85. The molecule has 1 fully saturated rings. The van der Waals surface area contributed by atoms with E-state index in [1.165, 1.54) is 5.69 Å². The fourth-order valence-corrected chi connectivity index (χ4v) is 3.35. The van der Waals surface area contributed by atoms with Gasteiger partial charge < -0.3 is 24.4 Å². The molecule has 0 radical (unpaired) electrons. The van der Waals surface area contributed by atoms with E-state index in [2.05, 4.69) is 49.7 Å². The molecule has 0 atom stereocenters. The van der Waals surface area contributed by atoms with Crippen molar-refractivity contribution in [2.24, 2.45) is 0 Å². The van der Waals surface area contributed by atoms with Gasteiger partial charge in [-0.1, -0.05) is 12.1 Å². The number of rotatable bonds is 7. The molecule has 8 heteroatoms. The summed E-state index contributed by atoms with van der Waals surface area (Å²) in [5.74, 6) is 1.85. The molecular weight excluding hydrogens is 382 g/mol. The summed E-state index contributed by atoms with van der Waals surface area (Å²) in [6.45, 7) is 4.03. The summed E-state index contributed by atoms with van der Waals surface area (Å²) < 4.78 is 16.1. The summed E-state index contributed by atoms with van der Waals surface area (Å²) in [6.07, 6.45) is 1.62. The van der Waals surface area contributed by atoms with E-state index in [1.807, 2.05) is 18.2 Å². The van der Waals surface area contributed by atoms with E-state index in [9.17, 15) is 0 Å². The highest BCUT2D eigenvalue weighted by Gasteiger charge is 2.12. The van der Waals surface area contributed by atoms with E-state index < -0.39 is 0 Å². The van der Waals surface area contributed by atoms with Crippen LogP contribution in [0.5, 0.6) is 11.5 Å². The highest BCUT2D eigenvalue weighted by atomic mass is 16.5. The Kier molecular flexibility index (Phi) is 6.24. The minimum atomic E-state index is 0.461. The van der Waals surface area contributed by atoms with Gasteiger partial charge in [0.2, 0.25) is 5.95 Å². The number of benzene rings is 2. The number of ether oxygens (including phenoxy) is 3. The molecular formula is C22H25N5O3. The molecule has 1 aliphatic heterocycles. The van der Waals surface area contributed by atoms with Crippen LogP contribution < -0.4 is 19.7 Å². The first-order valence-corrected chi connectivity index (χ1v) is 9.84. The van der Waals surface area contributed by atoms with Gasteiger partial charge in [0.1, 0.15) is 11.5 Å². The molecule has 8 nitrogen and oxygen atoms in total.